The van der Waals surface area contributed by atoms with E-state index in [-0.39, 0.29) is 5.82 Å². The minimum atomic E-state index is 0.0749. The Bertz CT molecular complexity index is 822. The lowest BCUT2D eigenvalue weighted by atomic mass is 9.77. The molecule has 1 heterocycles. The molecule has 1 aromatic heterocycles. The second kappa shape index (κ2) is 9.11. The van der Waals surface area contributed by atoms with E-state index in [9.17, 15) is 0 Å². The average Bonchev–Trinajstić information content (AvgIpc) is 3.18. The Morgan fingerprint density at radius 1 is 1.04 bits per heavy atom. The highest BCUT2D eigenvalue weighted by Crippen LogP contribution is 2.43. The van der Waals surface area contributed by atoms with Gasteiger partial charge in [-0.05, 0) is 85.3 Å². The van der Waals surface area contributed by atoms with E-state index in [1.165, 1.54) is 61.8 Å². The fourth-order valence-electron chi connectivity index (χ4n) is 5.31. The summed E-state index contributed by atoms with van der Waals surface area (Å²) < 4.78 is 16.3. The van der Waals surface area contributed by atoms with Crippen molar-refractivity contribution in [3.05, 3.63) is 40.5 Å². The number of allylic oxidation sites excluding steroid dienone is 2. The smallest absolute Gasteiger partial charge is 0.144 e. The molecule has 1 atom stereocenters. The minimum absolute atomic E-state index is 0.0749. The number of fused-ring (bicyclic) bond motifs is 1. The predicted molar refractivity (Wildman–Crippen MR) is 122 cm³/mol. The number of hydrogen-bond acceptors (Lipinski definition) is 1. The van der Waals surface area contributed by atoms with Crippen molar-refractivity contribution in [1.29, 1.82) is 0 Å². The van der Waals surface area contributed by atoms with Gasteiger partial charge in [0.25, 0.3) is 0 Å². The fourth-order valence-corrected chi connectivity index (χ4v) is 6.48. The monoisotopic (exact) mass is 398 g/mol. The van der Waals surface area contributed by atoms with Crippen LogP contribution in [-0.2, 0) is 0 Å². The van der Waals surface area contributed by atoms with Crippen molar-refractivity contribution in [2.45, 2.75) is 90.4 Å². The molecule has 1 saturated carbocycles. The van der Waals surface area contributed by atoms with Crippen LogP contribution in [0.4, 0.5) is 4.39 Å². The highest BCUT2D eigenvalue weighted by molar-refractivity contribution is 7.20. The molecule has 2 heteroatoms. The summed E-state index contributed by atoms with van der Waals surface area (Å²) in [6.07, 6.45) is 16.2. The first-order valence-electron chi connectivity index (χ1n) is 11.6. The van der Waals surface area contributed by atoms with E-state index in [2.05, 4.69) is 38.1 Å². The van der Waals surface area contributed by atoms with Crippen LogP contribution in [0, 0.1) is 17.7 Å². The second-order valence-electron chi connectivity index (χ2n) is 9.14. The number of halogens is 1. The molecule has 1 unspecified atom stereocenters. The van der Waals surface area contributed by atoms with Crippen LogP contribution in [0.3, 0.4) is 0 Å². The van der Waals surface area contributed by atoms with Gasteiger partial charge in [-0.15, -0.1) is 11.3 Å². The molecule has 28 heavy (non-hydrogen) atoms. The normalized spacial score (nSPS) is 25.8. The molecule has 0 spiro atoms. The predicted octanol–water partition coefficient (Wildman–Crippen LogP) is 9.10. The maximum atomic E-state index is 15.4. The summed E-state index contributed by atoms with van der Waals surface area (Å²) >= 11 is 1.69. The molecule has 0 bridgehead atoms. The highest BCUT2D eigenvalue weighted by Gasteiger charge is 2.25. The maximum Gasteiger partial charge on any atom is 0.144 e. The van der Waals surface area contributed by atoms with Crippen LogP contribution in [0.15, 0.2) is 24.3 Å². The second-order valence-corrected chi connectivity index (χ2v) is 10.2. The molecule has 2 aromatic rings. The van der Waals surface area contributed by atoms with Crippen molar-refractivity contribution in [3.63, 3.8) is 0 Å². The number of unbranched alkanes of at least 4 members (excludes halogenated alkanes) is 1. The number of rotatable bonds is 6. The van der Waals surface area contributed by atoms with E-state index in [4.69, 9.17) is 0 Å². The molecule has 2 aliphatic carbocycles. The van der Waals surface area contributed by atoms with Gasteiger partial charge in [-0.3, -0.25) is 0 Å². The van der Waals surface area contributed by atoms with Crippen molar-refractivity contribution in [1.82, 2.24) is 0 Å². The maximum absolute atomic E-state index is 15.4. The lowest BCUT2D eigenvalue weighted by Gasteiger charge is -2.28. The fraction of sp³-hybridized carbons (Fsp3) is 0.615. The van der Waals surface area contributed by atoms with E-state index >= 15 is 4.39 Å². The number of hydrogen-bond donors (Lipinski definition) is 0. The van der Waals surface area contributed by atoms with Gasteiger partial charge in [-0.1, -0.05) is 57.7 Å². The first kappa shape index (κ1) is 20.1. The van der Waals surface area contributed by atoms with Gasteiger partial charge < -0.3 is 0 Å². The molecular weight excluding hydrogens is 363 g/mol. The van der Waals surface area contributed by atoms with Crippen LogP contribution in [0.25, 0.3) is 15.7 Å². The van der Waals surface area contributed by atoms with Crippen molar-refractivity contribution >= 4 is 27.0 Å². The van der Waals surface area contributed by atoms with Crippen molar-refractivity contribution < 1.29 is 4.39 Å². The SMILES string of the molecule is CCCCC1CC=C(c2cc3ccc(C4CCC(CC)CC4)c(F)c3s2)CC1. The number of benzene rings is 1. The molecule has 0 nitrogen and oxygen atoms in total. The van der Waals surface area contributed by atoms with Crippen LogP contribution in [0.1, 0.15) is 101 Å². The van der Waals surface area contributed by atoms with E-state index < -0.39 is 0 Å². The first-order chi connectivity index (χ1) is 13.7. The Morgan fingerprint density at radius 2 is 1.86 bits per heavy atom. The third-order valence-corrected chi connectivity index (χ3v) is 8.54. The van der Waals surface area contributed by atoms with Gasteiger partial charge in [0.15, 0.2) is 0 Å². The Morgan fingerprint density at radius 3 is 2.54 bits per heavy atom. The summed E-state index contributed by atoms with van der Waals surface area (Å²) in [4.78, 5) is 1.30. The summed E-state index contributed by atoms with van der Waals surface area (Å²) in [5, 5.41) is 1.09. The zero-order valence-corrected chi connectivity index (χ0v) is 18.4. The van der Waals surface area contributed by atoms with Gasteiger partial charge in [0, 0.05) is 4.88 Å². The molecule has 2 aliphatic rings. The third-order valence-electron chi connectivity index (χ3n) is 7.32. The molecule has 0 saturated heterocycles. The Kier molecular flexibility index (Phi) is 6.55. The summed E-state index contributed by atoms with van der Waals surface area (Å²) in [6.45, 7) is 4.57. The van der Waals surface area contributed by atoms with Gasteiger partial charge >= 0.3 is 0 Å². The molecule has 152 valence electrons. The lowest BCUT2D eigenvalue weighted by molar-refractivity contribution is 0.315. The van der Waals surface area contributed by atoms with Gasteiger partial charge in [0.1, 0.15) is 5.82 Å². The van der Waals surface area contributed by atoms with Crippen LogP contribution < -0.4 is 0 Å². The summed E-state index contributed by atoms with van der Waals surface area (Å²) in [5.41, 5.74) is 2.44. The van der Waals surface area contributed by atoms with Gasteiger partial charge in [0.2, 0.25) is 0 Å². The van der Waals surface area contributed by atoms with E-state index in [0.717, 1.165) is 46.7 Å². The molecule has 4 rings (SSSR count). The summed E-state index contributed by atoms with van der Waals surface area (Å²) in [6, 6.07) is 6.49. The summed E-state index contributed by atoms with van der Waals surface area (Å²) in [7, 11) is 0. The van der Waals surface area contributed by atoms with Crippen LogP contribution >= 0.6 is 11.3 Å². The summed E-state index contributed by atoms with van der Waals surface area (Å²) in [5.74, 6) is 2.22. The van der Waals surface area contributed by atoms with Gasteiger partial charge in [0.05, 0.1) is 4.70 Å². The van der Waals surface area contributed by atoms with Gasteiger partial charge in [-0.2, -0.15) is 0 Å². The largest absolute Gasteiger partial charge is 0.205 e. The standard InChI is InChI=1S/C26H35FS/c1-3-5-6-19-9-13-21(14-10-19)24-17-22-15-16-23(25(27)26(22)28-24)20-11-7-18(4-2)8-12-20/h13,15-20H,3-12,14H2,1-2H3. The average molecular weight is 399 g/mol. The van der Waals surface area contributed by atoms with E-state index in [1.54, 1.807) is 11.3 Å². The minimum Gasteiger partial charge on any atom is -0.205 e. The zero-order chi connectivity index (χ0) is 19.5. The van der Waals surface area contributed by atoms with Crippen molar-refractivity contribution in [2.24, 2.45) is 11.8 Å². The van der Waals surface area contributed by atoms with E-state index in [0.29, 0.717) is 5.92 Å². The molecule has 0 aliphatic heterocycles. The van der Waals surface area contributed by atoms with Crippen LogP contribution in [0.5, 0.6) is 0 Å². The molecule has 0 amide bonds. The van der Waals surface area contributed by atoms with Crippen LogP contribution in [-0.4, -0.2) is 0 Å². The topological polar surface area (TPSA) is 0 Å². The Labute approximate surface area is 174 Å². The number of thiophene rings is 1. The third kappa shape index (κ3) is 4.22. The molecule has 0 N–H and O–H groups in total. The lowest BCUT2D eigenvalue weighted by Crippen LogP contribution is -2.13. The van der Waals surface area contributed by atoms with Gasteiger partial charge in [-0.25, -0.2) is 4.39 Å². The first-order valence-corrected chi connectivity index (χ1v) is 12.4. The highest BCUT2D eigenvalue weighted by atomic mass is 32.1. The van der Waals surface area contributed by atoms with Crippen molar-refractivity contribution in [3.8, 4) is 0 Å². The molecular formula is C26H35FS. The Hall–Kier alpha value is -1.15. The molecule has 1 aromatic carbocycles. The van der Waals surface area contributed by atoms with Crippen LogP contribution in [0.2, 0.25) is 0 Å². The zero-order valence-electron chi connectivity index (χ0n) is 17.6. The van der Waals surface area contributed by atoms with E-state index in [1.807, 2.05) is 0 Å². The quantitative estimate of drug-likeness (QED) is 0.455. The molecule has 1 fully saturated rings. The van der Waals surface area contributed by atoms with Crippen molar-refractivity contribution in [2.75, 3.05) is 0 Å². The Balaban J connectivity index is 1.52. The molecule has 0 radical (unpaired) electrons.